The first-order chi connectivity index (χ1) is 16.7. The van der Waals surface area contributed by atoms with Crippen LogP contribution in [0.1, 0.15) is 45.4 Å². The van der Waals surface area contributed by atoms with Gasteiger partial charge in [-0.1, -0.05) is 41.9 Å². The van der Waals surface area contributed by atoms with Gasteiger partial charge < -0.3 is 10.2 Å². The van der Waals surface area contributed by atoms with Crippen LogP contribution >= 0.6 is 22.9 Å². The molecule has 35 heavy (non-hydrogen) atoms. The average Bonchev–Trinajstić information content (AvgIpc) is 3.34. The molecule has 0 radical (unpaired) electrons. The molecule has 0 unspecified atom stereocenters. The van der Waals surface area contributed by atoms with Crippen molar-refractivity contribution in [2.45, 2.75) is 36.6 Å². The van der Waals surface area contributed by atoms with Crippen molar-refractivity contribution in [2.24, 2.45) is 0 Å². The van der Waals surface area contributed by atoms with E-state index in [0.717, 1.165) is 35.2 Å². The molecule has 1 aliphatic heterocycles. The van der Waals surface area contributed by atoms with Gasteiger partial charge in [0.05, 0.1) is 16.3 Å². The Kier molecular flexibility index (Phi) is 7.88. The molecule has 2 amide bonds. The number of nitrogens with one attached hydrogen (secondary N) is 1. The lowest BCUT2D eigenvalue weighted by Crippen LogP contribution is -2.38. The highest BCUT2D eigenvalue weighted by Gasteiger charge is 2.26. The smallest absolute Gasteiger partial charge is 0.271 e. The monoisotopic (exact) mass is 531 g/mol. The summed E-state index contributed by atoms with van der Waals surface area (Å²) in [6.45, 7) is 1.58. The minimum Gasteiger partial charge on any atom is -0.347 e. The van der Waals surface area contributed by atoms with Crippen LogP contribution in [0.25, 0.3) is 0 Å². The van der Waals surface area contributed by atoms with Crippen molar-refractivity contribution in [2.75, 3.05) is 19.3 Å². The van der Waals surface area contributed by atoms with Gasteiger partial charge in [0.25, 0.3) is 5.91 Å². The van der Waals surface area contributed by atoms with Gasteiger partial charge in [-0.15, -0.1) is 11.3 Å². The number of amides is 2. The fourth-order valence-corrected chi connectivity index (χ4v) is 5.80. The van der Waals surface area contributed by atoms with E-state index in [-0.39, 0.29) is 29.2 Å². The molecule has 3 aromatic rings. The van der Waals surface area contributed by atoms with Gasteiger partial charge >= 0.3 is 0 Å². The Hall–Kier alpha value is -2.75. The second-order valence-electron chi connectivity index (χ2n) is 8.59. The molecule has 1 aromatic heterocycles. The van der Waals surface area contributed by atoms with Gasteiger partial charge in [-0.25, -0.2) is 13.4 Å². The van der Waals surface area contributed by atoms with Crippen molar-refractivity contribution in [1.82, 2.24) is 15.2 Å². The number of rotatable bonds is 7. The van der Waals surface area contributed by atoms with Gasteiger partial charge in [-0.05, 0) is 42.2 Å². The van der Waals surface area contributed by atoms with Crippen molar-refractivity contribution in [3.63, 3.8) is 0 Å². The third kappa shape index (κ3) is 6.48. The fourth-order valence-electron chi connectivity index (χ4n) is 4.00. The number of hydrogen-bond acceptors (Lipinski definition) is 6. The molecule has 1 N–H and O–H groups in total. The number of halogens is 1. The number of piperidine rings is 1. The Morgan fingerprint density at radius 3 is 2.46 bits per heavy atom. The van der Waals surface area contributed by atoms with E-state index in [2.05, 4.69) is 10.3 Å². The summed E-state index contributed by atoms with van der Waals surface area (Å²) in [6.07, 6.45) is 3.06. The normalized spacial score (nSPS) is 14.6. The van der Waals surface area contributed by atoms with Crippen LogP contribution in [0.3, 0.4) is 0 Å². The van der Waals surface area contributed by atoms with Crippen LogP contribution < -0.4 is 5.32 Å². The van der Waals surface area contributed by atoms with Crippen molar-refractivity contribution in [1.29, 1.82) is 0 Å². The maximum Gasteiger partial charge on any atom is 0.271 e. The van der Waals surface area contributed by atoms with Crippen molar-refractivity contribution >= 4 is 44.6 Å². The van der Waals surface area contributed by atoms with Gasteiger partial charge in [0.2, 0.25) is 5.91 Å². The standard InChI is InChI=1S/C25H26ClN3O4S2/c1-35(32,33)20-8-6-17(7-9-20)15-27-24(31)22-16-34-25(28-22)18-10-12-29(13-11-18)23(30)14-19-4-2-3-5-21(19)26/h2-9,16,18H,10-15H2,1H3,(H,27,31). The van der Waals surface area contributed by atoms with Gasteiger partial charge in [0.1, 0.15) is 5.69 Å². The Bertz CT molecular complexity index is 1310. The zero-order valence-corrected chi connectivity index (χ0v) is 21.6. The van der Waals surface area contributed by atoms with E-state index in [1.165, 1.54) is 23.5 Å². The summed E-state index contributed by atoms with van der Waals surface area (Å²) in [5, 5.41) is 6.10. The number of aromatic nitrogens is 1. The van der Waals surface area contributed by atoms with Crippen LogP contribution in [-0.2, 0) is 27.6 Å². The van der Waals surface area contributed by atoms with Gasteiger partial charge in [0, 0.05) is 42.2 Å². The summed E-state index contributed by atoms with van der Waals surface area (Å²) >= 11 is 7.65. The van der Waals surface area contributed by atoms with E-state index in [1.54, 1.807) is 23.6 Å². The average molecular weight is 532 g/mol. The first-order valence-electron chi connectivity index (χ1n) is 11.2. The first kappa shape index (κ1) is 25.3. The molecule has 0 bridgehead atoms. The summed E-state index contributed by atoms with van der Waals surface area (Å²) < 4.78 is 23.1. The van der Waals surface area contributed by atoms with Crippen molar-refractivity contribution < 1.29 is 18.0 Å². The molecule has 1 aliphatic rings. The minimum absolute atomic E-state index is 0.0697. The lowest BCUT2D eigenvalue weighted by atomic mass is 9.97. The predicted octanol–water partition coefficient (Wildman–Crippen LogP) is 4.08. The summed E-state index contributed by atoms with van der Waals surface area (Å²) in [4.78, 5) is 31.9. The fraction of sp³-hybridized carbons (Fsp3) is 0.320. The van der Waals surface area contributed by atoms with E-state index in [1.807, 2.05) is 23.1 Å². The maximum absolute atomic E-state index is 12.7. The topological polar surface area (TPSA) is 96.4 Å². The Labute approximate surface area is 214 Å². The van der Waals surface area contributed by atoms with Crippen molar-refractivity contribution in [3.05, 3.63) is 80.8 Å². The van der Waals surface area contributed by atoms with Crippen LogP contribution in [0.4, 0.5) is 0 Å². The highest BCUT2D eigenvalue weighted by atomic mass is 35.5. The molecule has 1 fully saturated rings. The molecule has 10 heteroatoms. The van der Waals surface area contributed by atoms with Crippen LogP contribution in [-0.4, -0.2) is 49.5 Å². The Morgan fingerprint density at radius 2 is 1.80 bits per heavy atom. The number of carbonyl (C=O) groups is 2. The van der Waals surface area contributed by atoms with Crippen molar-refractivity contribution in [3.8, 4) is 0 Å². The largest absolute Gasteiger partial charge is 0.347 e. The highest BCUT2D eigenvalue weighted by Crippen LogP contribution is 2.31. The van der Waals surface area contributed by atoms with Gasteiger partial charge in [-0.2, -0.15) is 0 Å². The lowest BCUT2D eigenvalue weighted by molar-refractivity contribution is -0.131. The first-order valence-corrected chi connectivity index (χ1v) is 14.4. The second kappa shape index (κ2) is 10.9. The van der Waals surface area contributed by atoms with Crippen LogP contribution in [0.15, 0.2) is 58.8 Å². The molecule has 2 aromatic carbocycles. The van der Waals surface area contributed by atoms with Gasteiger partial charge in [0.15, 0.2) is 9.84 Å². The zero-order valence-electron chi connectivity index (χ0n) is 19.2. The van der Waals surface area contributed by atoms with Gasteiger partial charge in [-0.3, -0.25) is 9.59 Å². The molecular weight excluding hydrogens is 506 g/mol. The molecule has 0 spiro atoms. The summed E-state index contributed by atoms with van der Waals surface area (Å²) in [5.74, 6) is 0.0156. The number of likely N-dealkylation sites (tertiary alicyclic amines) is 1. The molecule has 0 atom stereocenters. The number of thiazole rings is 1. The molecule has 0 saturated carbocycles. The molecule has 7 nitrogen and oxygen atoms in total. The van der Waals surface area contributed by atoms with Crippen LogP contribution in [0, 0.1) is 0 Å². The predicted molar refractivity (Wildman–Crippen MR) is 137 cm³/mol. The van der Waals surface area contributed by atoms with E-state index in [9.17, 15) is 18.0 Å². The molecule has 0 aliphatic carbocycles. The third-order valence-corrected chi connectivity index (χ3v) is 8.56. The van der Waals surface area contributed by atoms with E-state index >= 15 is 0 Å². The molecule has 2 heterocycles. The molecule has 4 rings (SSSR count). The molecular formula is C25H26ClN3O4S2. The zero-order chi connectivity index (χ0) is 25.0. The highest BCUT2D eigenvalue weighted by molar-refractivity contribution is 7.90. The number of benzene rings is 2. The number of sulfone groups is 1. The quantitative estimate of drug-likeness (QED) is 0.495. The number of nitrogens with zero attached hydrogens (tertiary/aromatic N) is 2. The summed E-state index contributed by atoms with van der Waals surface area (Å²) in [7, 11) is -3.25. The van der Waals surface area contributed by atoms with E-state index in [4.69, 9.17) is 11.6 Å². The minimum atomic E-state index is -3.25. The molecule has 184 valence electrons. The van der Waals surface area contributed by atoms with Crippen LogP contribution in [0.5, 0.6) is 0 Å². The Balaban J connectivity index is 1.27. The van der Waals surface area contributed by atoms with Crippen LogP contribution in [0.2, 0.25) is 5.02 Å². The SMILES string of the molecule is CS(=O)(=O)c1ccc(CNC(=O)c2csc(C3CCN(C(=O)Cc4ccccc4Cl)CC3)n2)cc1. The third-order valence-electron chi connectivity index (χ3n) is 6.06. The number of hydrogen-bond donors (Lipinski definition) is 1. The molecule has 1 saturated heterocycles. The number of carbonyl (C=O) groups excluding carboxylic acids is 2. The lowest BCUT2D eigenvalue weighted by Gasteiger charge is -2.31. The second-order valence-corrected chi connectivity index (χ2v) is 11.9. The summed E-state index contributed by atoms with van der Waals surface area (Å²) in [5.41, 5.74) is 2.01. The van der Waals surface area contributed by atoms with E-state index in [0.29, 0.717) is 30.2 Å². The van der Waals surface area contributed by atoms with E-state index < -0.39 is 9.84 Å². The summed E-state index contributed by atoms with van der Waals surface area (Å²) in [6, 6.07) is 13.8. The Morgan fingerprint density at radius 1 is 1.11 bits per heavy atom. The maximum atomic E-state index is 12.7.